The molecule has 0 spiro atoms. The van der Waals surface area contributed by atoms with Gasteiger partial charge in [-0.25, -0.2) is 4.90 Å². The first-order valence-electron chi connectivity index (χ1n) is 10.3. The molecule has 0 radical (unpaired) electrons. The topological polar surface area (TPSA) is 52.7 Å². The molecule has 1 aliphatic rings. The number of imide groups is 1. The number of nitrogens with zero attached hydrogens (tertiary/aromatic N) is 2. The van der Waals surface area contributed by atoms with Crippen LogP contribution >= 0.6 is 11.6 Å². The number of amides is 2. The van der Waals surface area contributed by atoms with E-state index in [9.17, 15) is 9.59 Å². The first-order valence-corrected chi connectivity index (χ1v) is 10.6. The third-order valence-electron chi connectivity index (χ3n) is 5.31. The van der Waals surface area contributed by atoms with Crippen LogP contribution in [0.25, 0.3) is 5.57 Å². The average Bonchev–Trinajstić information content (AvgIpc) is 2.97. The molecule has 1 aliphatic heterocycles. The Morgan fingerprint density at radius 1 is 0.844 bits per heavy atom. The molecule has 0 saturated carbocycles. The Bertz CT molecular complexity index is 1230. The Kier molecular flexibility index (Phi) is 5.76. The maximum atomic E-state index is 13.6. The van der Waals surface area contributed by atoms with Gasteiger partial charge in [0.1, 0.15) is 5.70 Å². The first kappa shape index (κ1) is 21.7. The lowest BCUT2D eigenvalue weighted by Crippen LogP contribution is -2.32. The number of hydrogen-bond acceptors (Lipinski definition) is 4. The van der Waals surface area contributed by atoms with Crippen LogP contribution in [0.15, 0.2) is 72.4 Å². The van der Waals surface area contributed by atoms with Crippen molar-refractivity contribution >= 4 is 46.1 Å². The van der Waals surface area contributed by atoms with Gasteiger partial charge >= 0.3 is 0 Å². The monoisotopic (exact) mass is 445 g/mol. The van der Waals surface area contributed by atoms with Gasteiger partial charge in [-0.3, -0.25) is 9.59 Å². The van der Waals surface area contributed by atoms with Gasteiger partial charge in [0.2, 0.25) is 0 Å². The highest BCUT2D eigenvalue weighted by Gasteiger charge is 2.40. The van der Waals surface area contributed by atoms with Crippen molar-refractivity contribution in [2.75, 3.05) is 29.2 Å². The Hall–Kier alpha value is -3.57. The normalized spacial score (nSPS) is 13.7. The molecule has 1 N–H and O–H groups in total. The molecule has 5 nitrogen and oxygen atoms in total. The Morgan fingerprint density at radius 3 is 2.12 bits per heavy atom. The summed E-state index contributed by atoms with van der Waals surface area (Å²) in [4.78, 5) is 30.3. The van der Waals surface area contributed by atoms with Gasteiger partial charge in [0, 0.05) is 30.5 Å². The van der Waals surface area contributed by atoms with Gasteiger partial charge in [-0.1, -0.05) is 35.9 Å². The van der Waals surface area contributed by atoms with Crippen molar-refractivity contribution in [1.29, 1.82) is 0 Å². The smallest absolute Gasteiger partial charge is 0.282 e. The number of benzene rings is 3. The van der Waals surface area contributed by atoms with Gasteiger partial charge in [-0.2, -0.15) is 0 Å². The van der Waals surface area contributed by atoms with Gasteiger partial charge in [0.25, 0.3) is 11.8 Å². The predicted molar refractivity (Wildman–Crippen MR) is 131 cm³/mol. The Labute approximate surface area is 192 Å². The number of rotatable bonds is 5. The first-order chi connectivity index (χ1) is 15.2. The van der Waals surface area contributed by atoms with Gasteiger partial charge in [-0.05, 0) is 73.0 Å². The lowest BCUT2D eigenvalue weighted by atomic mass is 10.0. The molecule has 0 saturated heterocycles. The van der Waals surface area contributed by atoms with E-state index in [2.05, 4.69) is 11.4 Å². The van der Waals surface area contributed by atoms with Crippen LogP contribution in [0.1, 0.15) is 16.7 Å². The fourth-order valence-corrected chi connectivity index (χ4v) is 3.99. The minimum Gasteiger partial charge on any atom is -0.378 e. The summed E-state index contributed by atoms with van der Waals surface area (Å²) in [6.07, 6.45) is 0. The van der Waals surface area contributed by atoms with Crippen LogP contribution in [0.4, 0.5) is 17.1 Å². The van der Waals surface area contributed by atoms with E-state index < -0.39 is 5.91 Å². The van der Waals surface area contributed by atoms with E-state index in [4.69, 9.17) is 11.6 Å². The summed E-state index contributed by atoms with van der Waals surface area (Å²) in [5.41, 5.74) is 5.50. The Morgan fingerprint density at radius 2 is 1.50 bits per heavy atom. The molecule has 0 bridgehead atoms. The van der Waals surface area contributed by atoms with E-state index >= 15 is 0 Å². The number of nitrogens with one attached hydrogen (secondary N) is 1. The van der Waals surface area contributed by atoms with Crippen molar-refractivity contribution in [2.24, 2.45) is 0 Å². The fourth-order valence-electron chi connectivity index (χ4n) is 3.87. The van der Waals surface area contributed by atoms with Crippen LogP contribution in [-0.4, -0.2) is 25.9 Å². The van der Waals surface area contributed by atoms with E-state index in [0.29, 0.717) is 21.8 Å². The van der Waals surface area contributed by atoms with Crippen LogP contribution < -0.4 is 15.1 Å². The summed E-state index contributed by atoms with van der Waals surface area (Å²) in [6, 6.07) is 20.3. The third-order valence-corrected chi connectivity index (χ3v) is 5.56. The zero-order valence-electron chi connectivity index (χ0n) is 18.4. The van der Waals surface area contributed by atoms with Gasteiger partial charge < -0.3 is 10.2 Å². The molecule has 2 amide bonds. The number of aryl methyl sites for hydroxylation is 2. The molecule has 0 unspecified atom stereocenters. The molecule has 0 atom stereocenters. The van der Waals surface area contributed by atoms with E-state index in [1.54, 1.807) is 30.3 Å². The largest absolute Gasteiger partial charge is 0.378 e. The molecular weight excluding hydrogens is 422 g/mol. The van der Waals surface area contributed by atoms with Gasteiger partial charge in [-0.15, -0.1) is 0 Å². The maximum Gasteiger partial charge on any atom is 0.282 e. The Balaban J connectivity index is 1.83. The second-order valence-electron chi connectivity index (χ2n) is 8.12. The van der Waals surface area contributed by atoms with Crippen molar-refractivity contribution in [2.45, 2.75) is 13.8 Å². The molecular formula is C26H24ClN3O2. The lowest BCUT2D eigenvalue weighted by Gasteiger charge is -2.19. The van der Waals surface area contributed by atoms with Crippen molar-refractivity contribution in [3.05, 3.63) is 94.1 Å². The van der Waals surface area contributed by atoms with Crippen LogP contribution in [0, 0.1) is 13.8 Å². The van der Waals surface area contributed by atoms with Crippen LogP contribution in [0.2, 0.25) is 5.02 Å². The number of halogens is 1. The SMILES string of the molecule is Cc1cc(C)cc(NC2=C(c3ccc(Cl)cc3)C(=O)N(c3cccc(N(C)C)c3)C2=O)c1. The summed E-state index contributed by atoms with van der Waals surface area (Å²) < 4.78 is 0. The van der Waals surface area contributed by atoms with Gasteiger partial charge in [0.15, 0.2) is 0 Å². The van der Waals surface area contributed by atoms with Crippen molar-refractivity contribution in [3.8, 4) is 0 Å². The van der Waals surface area contributed by atoms with E-state index in [0.717, 1.165) is 22.5 Å². The summed E-state index contributed by atoms with van der Waals surface area (Å²) in [6.45, 7) is 3.99. The average molecular weight is 446 g/mol. The van der Waals surface area contributed by atoms with Crippen molar-refractivity contribution in [1.82, 2.24) is 0 Å². The molecule has 3 aromatic rings. The summed E-state index contributed by atoms with van der Waals surface area (Å²) in [5.74, 6) is -0.768. The highest BCUT2D eigenvalue weighted by Crippen LogP contribution is 2.35. The van der Waals surface area contributed by atoms with Crippen LogP contribution in [0.3, 0.4) is 0 Å². The molecule has 162 valence electrons. The molecule has 6 heteroatoms. The number of hydrogen-bond donors (Lipinski definition) is 1. The quantitative estimate of drug-likeness (QED) is 0.533. The second kappa shape index (κ2) is 8.52. The highest BCUT2D eigenvalue weighted by atomic mass is 35.5. The van der Waals surface area contributed by atoms with E-state index in [1.165, 1.54) is 4.90 Å². The fraction of sp³-hybridized carbons (Fsp3) is 0.154. The van der Waals surface area contributed by atoms with E-state index in [-0.39, 0.29) is 11.6 Å². The molecule has 4 rings (SSSR count). The second-order valence-corrected chi connectivity index (χ2v) is 8.55. The molecule has 32 heavy (non-hydrogen) atoms. The molecule has 0 aliphatic carbocycles. The predicted octanol–water partition coefficient (Wildman–Crippen LogP) is 5.42. The summed E-state index contributed by atoms with van der Waals surface area (Å²) >= 11 is 6.06. The molecule has 3 aromatic carbocycles. The van der Waals surface area contributed by atoms with Crippen molar-refractivity contribution < 1.29 is 9.59 Å². The number of anilines is 3. The van der Waals surface area contributed by atoms with Crippen molar-refractivity contribution in [3.63, 3.8) is 0 Å². The van der Waals surface area contributed by atoms with Gasteiger partial charge in [0.05, 0.1) is 11.3 Å². The standard InChI is InChI=1S/C26H24ClN3O2/c1-16-12-17(2)14-20(13-16)28-24-23(18-8-10-19(27)11-9-18)25(31)30(26(24)32)22-7-5-6-21(15-22)29(3)4/h5-15,28H,1-4H3. The lowest BCUT2D eigenvalue weighted by molar-refractivity contribution is -0.120. The summed E-state index contributed by atoms with van der Waals surface area (Å²) in [7, 11) is 3.83. The van der Waals surface area contributed by atoms with Crippen LogP contribution in [0.5, 0.6) is 0 Å². The zero-order valence-corrected chi connectivity index (χ0v) is 19.2. The van der Waals surface area contributed by atoms with E-state index in [1.807, 2.05) is 63.2 Å². The summed E-state index contributed by atoms with van der Waals surface area (Å²) in [5, 5.41) is 3.79. The third kappa shape index (κ3) is 4.12. The molecule has 1 heterocycles. The number of carbonyl (C=O) groups excluding carboxylic acids is 2. The minimum absolute atomic E-state index is 0.248. The molecule has 0 aromatic heterocycles. The maximum absolute atomic E-state index is 13.6. The highest BCUT2D eigenvalue weighted by molar-refractivity contribution is 6.46. The molecule has 0 fully saturated rings. The van der Waals surface area contributed by atoms with Crippen LogP contribution in [-0.2, 0) is 9.59 Å². The number of carbonyl (C=O) groups is 2. The zero-order chi connectivity index (χ0) is 23.0. The minimum atomic E-state index is -0.394.